The fourth-order valence-corrected chi connectivity index (χ4v) is 19.4. The topological polar surface area (TPSA) is 589 Å². The molecule has 4 saturated carbocycles. The van der Waals surface area contributed by atoms with Crippen molar-refractivity contribution in [3.8, 4) is 0 Å². The maximum absolute atomic E-state index is 13.1. The van der Waals surface area contributed by atoms with Gasteiger partial charge in [0.1, 0.15) is 61.9 Å². The first-order valence-electron chi connectivity index (χ1n) is 46.5. The Morgan fingerprint density at radius 1 is 0.388 bits per heavy atom. The lowest BCUT2D eigenvalue weighted by molar-refractivity contribution is -0.722. The molecule has 134 heavy (non-hydrogen) atoms. The van der Waals surface area contributed by atoms with E-state index in [0.717, 1.165) is 25.7 Å². The zero-order valence-corrected chi connectivity index (χ0v) is 83.6. The van der Waals surface area contributed by atoms with Gasteiger partial charge in [-0.2, -0.15) is 0 Å². The summed E-state index contributed by atoms with van der Waals surface area (Å²) in [6.45, 7) is 50.0. The summed E-state index contributed by atoms with van der Waals surface area (Å²) >= 11 is 0. The van der Waals surface area contributed by atoms with Gasteiger partial charge in [-0.05, 0) is 168 Å². The van der Waals surface area contributed by atoms with Gasteiger partial charge in [0.2, 0.25) is 23.6 Å². The number of quaternary nitrogens is 2. The Balaban J connectivity index is 0.00000221. The average Bonchev–Trinajstić information content (AvgIpc) is 0.801. The summed E-state index contributed by atoms with van der Waals surface area (Å²) in [5.74, 6) is -5.82. The van der Waals surface area contributed by atoms with Crippen molar-refractivity contribution in [1.29, 1.82) is 0 Å². The van der Waals surface area contributed by atoms with E-state index < -0.39 is 162 Å². The Hall–Kier alpha value is -9.86. The summed E-state index contributed by atoms with van der Waals surface area (Å²) < 4.78 is 32.7. The van der Waals surface area contributed by atoms with Gasteiger partial charge < -0.3 is 128 Å². The third-order valence-corrected chi connectivity index (χ3v) is 23.7. The summed E-state index contributed by atoms with van der Waals surface area (Å²) in [5, 5.41) is 99.2. The van der Waals surface area contributed by atoms with Gasteiger partial charge in [-0.1, -0.05) is 128 Å². The number of alkyl carbamates (subject to hydrolysis) is 6. The highest BCUT2D eigenvalue weighted by Gasteiger charge is 2.47. The van der Waals surface area contributed by atoms with Crippen LogP contribution in [-0.4, -0.2) is 251 Å². The van der Waals surface area contributed by atoms with E-state index in [0.29, 0.717) is 83.6 Å². The number of carboxylic acids is 4. The van der Waals surface area contributed by atoms with Gasteiger partial charge in [-0.3, -0.25) is 38.4 Å². The number of aliphatic carboxylic acids is 4. The van der Waals surface area contributed by atoms with Crippen molar-refractivity contribution in [3.63, 3.8) is 0 Å². The van der Waals surface area contributed by atoms with Gasteiger partial charge in [0.05, 0.1) is 37.7 Å². The fraction of sp³-hybridized carbons (Fsp3) is 0.768. The van der Waals surface area contributed by atoms with Gasteiger partial charge in [0.25, 0.3) is 0 Å². The number of nitrogens with two attached hydrogens (primary N) is 2. The average molecular weight is 1910 g/mol. The van der Waals surface area contributed by atoms with E-state index in [4.69, 9.17) is 48.8 Å². The second-order valence-electron chi connectivity index (χ2n) is 43.1. The van der Waals surface area contributed by atoms with Crippen LogP contribution in [-0.2, 0) is 66.8 Å². The van der Waals surface area contributed by atoms with Crippen LogP contribution in [0.1, 0.15) is 286 Å². The molecule has 4 aliphatic carbocycles. The molecule has 4 rings (SSSR count). The van der Waals surface area contributed by atoms with Crippen molar-refractivity contribution in [2.45, 2.75) is 351 Å². The first-order chi connectivity index (χ1) is 61.8. The number of ether oxygens (including phenoxy) is 6. The number of aliphatic hydroxyl groups is 3. The molecule has 4 aliphatic rings. The minimum atomic E-state index is -1.63. The predicted molar refractivity (Wildman–Crippen MR) is 502 cm³/mol. The van der Waals surface area contributed by atoms with Crippen molar-refractivity contribution in [1.82, 2.24) is 53.2 Å². The minimum Gasteiger partial charge on any atom is -0.481 e. The fourth-order valence-electron chi connectivity index (χ4n) is 19.4. The number of carbonyl (C=O) groups is 14. The lowest BCUT2D eigenvalue weighted by Gasteiger charge is -2.47. The molecule has 0 aromatic carbocycles. The van der Waals surface area contributed by atoms with Crippen LogP contribution in [0.2, 0.25) is 0 Å². The molecule has 14 atom stereocenters. The molecule has 39 nitrogen and oxygen atoms in total. The first-order valence-corrected chi connectivity index (χ1v) is 46.5. The summed E-state index contributed by atoms with van der Waals surface area (Å²) in [6.07, 6.45) is 7.82. The molecule has 0 heterocycles. The van der Waals surface area contributed by atoms with Crippen molar-refractivity contribution in [2.75, 3.05) is 65.9 Å². The Labute approximate surface area is 792 Å². The van der Waals surface area contributed by atoms with E-state index in [-0.39, 0.29) is 140 Å². The van der Waals surface area contributed by atoms with E-state index in [1.807, 2.05) is 55.4 Å². The van der Waals surface area contributed by atoms with Crippen molar-refractivity contribution in [3.05, 3.63) is 50.6 Å². The van der Waals surface area contributed by atoms with Crippen molar-refractivity contribution < 1.29 is 142 Å². The van der Waals surface area contributed by atoms with Crippen LogP contribution in [0.3, 0.4) is 0 Å². The molecule has 4 fully saturated rings. The SMILES string of the molecule is C=C.C=C.CC(CC(=O)O)C(=O)NC1CC(C)(C)CC(C)(CNC(=O)CC(C)(O)CC(=O)O)C1.CCC(C/C=C/CC(=O)NC[NH2+]C(C)(C)CC(=O)O)OC(=O)NCC1(C)CC(NC(=O)OCC(O)COC(=O)NCC2(C)CC(NC(=O)OCC(O)COC(=O)NCC3(C)CC(NC(=O)OC(CC)C/C=C/CC(=O)NC[NH2+]C(C)(C)CC(=O)O)CC(C)(C)C3)CC(C)(C)C2)CC(C)(C)C1. The van der Waals surface area contributed by atoms with Gasteiger partial charge in [0, 0.05) is 81.9 Å². The van der Waals surface area contributed by atoms with Crippen LogP contribution in [0.4, 0.5) is 28.8 Å². The number of hydrogen-bond acceptors (Lipinski definition) is 23. The maximum Gasteiger partial charge on any atom is 0.407 e. The minimum absolute atomic E-state index is 0.0471. The van der Waals surface area contributed by atoms with Gasteiger partial charge in [-0.15, -0.1) is 26.3 Å². The highest BCUT2D eigenvalue weighted by Crippen LogP contribution is 2.50. The normalized spacial score (nSPS) is 23.6. The second kappa shape index (κ2) is 56.6. The molecular weight excluding hydrogens is 1740 g/mol. The smallest absolute Gasteiger partial charge is 0.407 e. The number of carboxylic acid groups (broad SMARTS) is 4. The van der Waals surface area contributed by atoms with Crippen LogP contribution in [0.25, 0.3) is 0 Å². The monoisotopic (exact) mass is 1910 g/mol. The molecule has 14 unspecified atom stereocenters. The van der Waals surface area contributed by atoms with E-state index in [9.17, 15) is 82.4 Å². The molecule has 39 heteroatoms. The standard InChI is InChI=1S/C70H122N10O20.C21H36N2O7.2C2H4/c1-16-51(22-18-20-24-53(83)74-44-76-66(9,10)32-55(85)86)99-59(91)73-43-70(15)30-47(27-64(5,6)40-70)79-61(93)98-37-49(81)34-95-57(89)71-41-68(13)29-46(26-63(3,4)38-68)78-60(92)97-36-50(82)35-96-58(90)72-42-69(14)31-48(28-65(7,8)39-69)80-62(94)100-52(17-2)23-19-21-25-54(84)75-45-77-67(11,12)33-56(87)88;1-13(6-16(25)26)18(29)23-14-7-19(2,3)11-20(4,8-14)12-22-15(24)9-21(5,30)10-17(27)28;2*1-2/h18-21,46-52,76-77,81-82H,16-17,22-45H2,1-15H3,(H,71,89)(H,72,90)(H,73,91)(H,74,83)(H,75,84)(H,78,92)(H,79,93)(H,80,94)(H,85,86)(H,87,88);13-14,30H,6-12H2,1-5H3,(H,22,24)(H,23,29)(H,25,26)(H,27,28);2*1-2H2/p+2/b20-18+,21-19+;;;. The van der Waals surface area contributed by atoms with Gasteiger partial charge in [-0.25, -0.2) is 28.8 Å². The molecule has 0 aromatic rings. The lowest BCUT2D eigenvalue weighted by Crippen LogP contribution is -2.97. The van der Waals surface area contributed by atoms with Crippen molar-refractivity contribution >= 4 is 84.1 Å². The molecule has 0 spiro atoms. The van der Waals surface area contributed by atoms with Crippen LogP contribution in [0.5, 0.6) is 0 Å². The van der Waals surface area contributed by atoms with E-state index in [2.05, 4.69) is 121 Å². The third kappa shape index (κ3) is 54.0. The van der Waals surface area contributed by atoms with E-state index in [1.54, 1.807) is 69.6 Å². The van der Waals surface area contributed by atoms with E-state index >= 15 is 0 Å². The highest BCUT2D eigenvalue weighted by molar-refractivity contribution is 5.83. The second-order valence-corrected chi connectivity index (χ2v) is 43.1. The van der Waals surface area contributed by atoms with Gasteiger partial charge >= 0.3 is 60.4 Å². The van der Waals surface area contributed by atoms with Gasteiger partial charge in [0.15, 0.2) is 13.3 Å². The largest absolute Gasteiger partial charge is 0.481 e. The molecule has 768 valence electrons. The molecule has 0 aromatic heterocycles. The Morgan fingerprint density at radius 2 is 0.687 bits per heavy atom. The number of aliphatic hydroxyl groups excluding tert-OH is 2. The third-order valence-electron chi connectivity index (χ3n) is 23.7. The molecule has 0 saturated heterocycles. The Bertz CT molecular complexity index is 3850. The molecule has 21 N–H and O–H groups in total. The summed E-state index contributed by atoms with van der Waals surface area (Å²) in [4.78, 5) is 171. The first kappa shape index (κ1) is 122. The molecular formula is C95H168N12O27+2. The van der Waals surface area contributed by atoms with Crippen LogP contribution in [0, 0.1) is 49.2 Å². The lowest BCUT2D eigenvalue weighted by atomic mass is 9.62. The maximum atomic E-state index is 13.1. The molecule has 0 aliphatic heterocycles. The van der Waals surface area contributed by atoms with Crippen molar-refractivity contribution in [2.24, 2.45) is 49.2 Å². The number of amides is 10. The van der Waals surface area contributed by atoms with Crippen LogP contribution >= 0.6 is 0 Å². The highest BCUT2D eigenvalue weighted by atomic mass is 16.6. The number of hydrogen-bond donors (Lipinski definition) is 19. The molecule has 0 radical (unpaired) electrons. The number of carbonyl (C=O) groups excluding carboxylic acids is 10. The number of nitrogens with one attached hydrogen (secondary N) is 10. The Kier molecular flexibility index (Phi) is 51.6. The Morgan fingerprint density at radius 3 is 1.01 bits per heavy atom. The summed E-state index contributed by atoms with van der Waals surface area (Å²) in [5.41, 5.74) is -5.28. The zero-order chi connectivity index (χ0) is 103. The quantitative estimate of drug-likeness (QED) is 0.0153. The van der Waals surface area contributed by atoms with Crippen LogP contribution < -0.4 is 63.8 Å². The van der Waals surface area contributed by atoms with Crippen LogP contribution in [0.15, 0.2) is 50.6 Å². The van der Waals surface area contributed by atoms with E-state index in [1.165, 1.54) is 6.92 Å². The molecule has 10 amide bonds. The predicted octanol–water partition coefficient (Wildman–Crippen LogP) is 8.97. The summed E-state index contributed by atoms with van der Waals surface area (Å²) in [6, 6.07) is -1.10. The zero-order valence-electron chi connectivity index (χ0n) is 83.6. The summed E-state index contributed by atoms with van der Waals surface area (Å²) in [7, 11) is 0. The molecule has 0 bridgehead atoms. The number of rotatable bonds is 49.